The van der Waals surface area contributed by atoms with Crippen molar-refractivity contribution >= 4 is 28.7 Å². The van der Waals surface area contributed by atoms with E-state index in [1.54, 1.807) is 19.4 Å². The van der Waals surface area contributed by atoms with Crippen molar-refractivity contribution in [1.29, 1.82) is 0 Å². The Kier molecular flexibility index (Phi) is 5.08. The second-order valence-electron chi connectivity index (χ2n) is 6.22. The molecule has 0 amide bonds. The van der Waals surface area contributed by atoms with Gasteiger partial charge in [0.15, 0.2) is 17.0 Å². The molecule has 0 unspecified atom stereocenters. The number of fused-ring (bicyclic) bond motifs is 1. The van der Waals surface area contributed by atoms with Crippen molar-refractivity contribution in [3.63, 3.8) is 0 Å². The molecule has 3 N–H and O–H groups in total. The smallest absolute Gasteiger partial charge is 0.226 e. The highest BCUT2D eigenvalue weighted by atomic mass is 16.3. The van der Waals surface area contributed by atoms with E-state index in [9.17, 15) is 5.11 Å². The number of aliphatic hydroxyl groups excluding tert-OH is 1. The van der Waals surface area contributed by atoms with Gasteiger partial charge in [-0.2, -0.15) is 9.97 Å². The number of pyridine rings is 1. The van der Waals surface area contributed by atoms with Crippen LogP contribution in [-0.4, -0.2) is 42.3 Å². The molecule has 3 aromatic heterocycles. The zero-order chi connectivity index (χ0) is 17.8. The van der Waals surface area contributed by atoms with Crippen LogP contribution in [0, 0.1) is 0 Å². The maximum atomic E-state index is 9.42. The van der Waals surface area contributed by atoms with Gasteiger partial charge in [-0.15, -0.1) is 0 Å². The zero-order valence-electron chi connectivity index (χ0n) is 14.6. The van der Waals surface area contributed by atoms with Crippen molar-refractivity contribution in [2.75, 3.05) is 17.2 Å². The van der Waals surface area contributed by atoms with Crippen LogP contribution in [0.2, 0.25) is 0 Å². The van der Waals surface area contributed by atoms with E-state index < -0.39 is 0 Å². The first-order valence-electron chi connectivity index (χ1n) is 8.39. The van der Waals surface area contributed by atoms with Gasteiger partial charge in [-0.25, -0.2) is 9.97 Å². The topological polar surface area (TPSA) is 101 Å². The number of hydrogen-bond donors (Lipinski definition) is 3. The van der Waals surface area contributed by atoms with Gasteiger partial charge in [-0.1, -0.05) is 6.07 Å². The summed E-state index contributed by atoms with van der Waals surface area (Å²) in [6.07, 6.45) is 3.74. The van der Waals surface area contributed by atoms with E-state index in [1.807, 2.05) is 22.8 Å². The van der Waals surface area contributed by atoms with Crippen LogP contribution in [0.25, 0.3) is 11.2 Å². The Hall–Kier alpha value is -2.74. The van der Waals surface area contributed by atoms with Crippen LogP contribution in [0.1, 0.15) is 33.2 Å². The standard InChI is InChI=1S/C17H23N7O/c1-11(2)24-10-20-14-15(21-13-6-4-5-8-18-13)22-17(23-16(14)24)19-9-7-12(3)25/h4-6,8,10-12,25H,7,9H2,1-3H3,(H2,18,19,21,22,23)/t12-/m1/s1. The highest BCUT2D eigenvalue weighted by Crippen LogP contribution is 2.25. The van der Waals surface area contributed by atoms with Crippen molar-refractivity contribution in [3.05, 3.63) is 30.7 Å². The molecule has 0 aliphatic heterocycles. The number of hydrogen-bond acceptors (Lipinski definition) is 7. The highest BCUT2D eigenvalue weighted by molar-refractivity contribution is 5.86. The van der Waals surface area contributed by atoms with Gasteiger partial charge < -0.3 is 20.3 Å². The molecule has 132 valence electrons. The average Bonchev–Trinajstić information content (AvgIpc) is 3.00. The number of anilines is 3. The molecule has 0 radical (unpaired) electrons. The van der Waals surface area contributed by atoms with Gasteiger partial charge >= 0.3 is 0 Å². The van der Waals surface area contributed by atoms with Crippen LogP contribution in [-0.2, 0) is 0 Å². The first kappa shape index (κ1) is 17.1. The van der Waals surface area contributed by atoms with Crippen LogP contribution in [0.4, 0.5) is 17.6 Å². The largest absolute Gasteiger partial charge is 0.393 e. The predicted octanol–water partition coefficient (Wildman–Crippen LogP) is 2.73. The molecular weight excluding hydrogens is 318 g/mol. The number of nitrogens with one attached hydrogen (secondary N) is 2. The van der Waals surface area contributed by atoms with Crippen LogP contribution < -0.4 is 10.6 Å². The minimum absolute atomic E-state index is 0.230. The van der Waals surface area contributed by atoms with E-state index in [0.717, 1.165) is 5.65 Å². The lowest BCUT2D eigenvalue weighted by Gasteiger charge is -2.12. The normalized spacial score (nSPS) is 12.5. The lowest BCUT2D eigenvalue weighted by Crippen LogP contribution is -2.13. The summed E-state index contributed by atoms with van der Waals surface area (Å²) in [6.45, 7) is 6.50. The van der Waals surface area contributed by atoms with Gasteiger partial charge in [0.25, 0.3) is 0 Å². The van der Waals surface area contributed by atoms with Gasteiger partial charge in [0.2, 0.25) is 5.95 Å². The summed E-state index contributed by atoms with van der Waals surface area (Å²) in [5.74, 6) is 1.79. The summed E-state index contributed by atoms with van der Waals surface area (Å²) in [6, 6.07) is 5.86. The molecule has 1 atom stereocenters. The third kappa shape index (κ3) is 4.03. The second-order valence-corrected chi connectivity index (χ2v) is 6.22. The fourth-order valence-electron chi connectivity index (χ4n) is 2.41. The number of nitrogens with zero attached hydrogens (tertiary/aromatic N) is 5. The molecule has 3 aromatic rings. The van der Waals surface area contributed by atoms with Crippen molar-refractivity contribution in [2.45, 2.75) is 39.3 Å². The van der Waals surface area contributed by atoms with E-state index in [-0.39, 0.29) is 12.1 Å². The molecular formula is C17H23N7O. The van der Waals surface area contributed by atoms with E-state index >= 15 is 0 Å². The van der Waals surface area contributed by atoms with Crippen molar-refractivity contribution < 1.29 is 5.11 Å². The molecule has 8 heteroatoms. The van der Waals surface area contributed by atoms with Crippen molar-refractivity contribution in [2.24, 2.45) is 0 Å². The van der Waals surface area contributed by atoms with Gasteiger partial charge in [0, 0.05) is 18.8 Å². The summed E-state index contributed by atoms with van der Waals surface area (Å²) in [7, 11) is 0. The molecule has 0 aromatic carbocycles. The van der Waals surface area contributed by atoms with Crippen LogP contribution in [0.15, 0.2) is 30.7 Å². The fraction of sp³-hybridized carbons (Fsp3) is 0.412. The van der Waals surface area contributed by atoms with Crippen LogP contribution in [0.5, 0.6) is 0 Å². The molecule has 0 saturated heterocycles. The fourth-order valence-corrected chi connectivity index (χ4v) is 2.41. The van der Waals surface area contributed by atoms with E-state index in [1.165, 1.54) is 0 Å². The molecule has 0 bridgehead atoms. The molecule has 25 heavy (non-hydrogen) atoms. The quantitative estimate of drug-likeness (QED) is 0.607. The summed E-state index contributed by atoms with van der Waals surface area (Å²) in [5.41, 5.74) is 1.45. The third-order valence-electron chi connectivity index (χ3n) is 3.73. The van der Waals surface area contributed by atoms with Gasteiger partial charge in [0.05, 0.1) is 12.4 Å². The van der Waals surface area contributed by atoms with E-state index in [2.05, 4.69) is 44.4 Å². The Balaban J connectivity index is 1.97. The minimum atomic E-state index is -0.372. The SMILES string of the molecule is CC(C)n1cnc2c(Nc3ccccn3)nc(NCC[C@@H](C)O)nc21. The molecule has 3 heterocycles. The van der Waals surface area contributed by atoms with Crippen LogP contribution >= 0.6 is 0 Å². The van der Waals surface area contributed by atoms with E-state index in [4.69, 9.17) is 0 Å². The molecule has 0 fully saturated rings. The van der Waals surface area contributed by atoms with E-state index in [0.29, 0.717) is 36.1 Å². The van der Waals surface area contributed by atoms with Crippen LogP contribution in [0.3, 0.4) is 0 Å². The maximum Gasteiger partial charge on any atom is 0.226 e. The van der Waals surface area contributed by atoms with Gasteiger partial charge in [0.1, 0.15) is 5.82 Å². The number of rotatable bonds is 7. The summed E-state index contributed by atoms with van der Waals surface area (Å²) >= 11 is 0. The van der Waals surface area contributed by atoms with Crippen molar-refractivity contribution in [1.82, 2.24) is 24.5 Å². The molecule has 8 nitrogen and oxygen atoms in total. The Labute approximate surface area is 146 Å². The molecule has 0 saturated carbocycles. The highest BCUT2D eigenvalue weighted by Gasteiger charge is 2.15. The second kappa shape index (κ2) is 7.43. The lowest BCUT2D eigenvalue weighted by molar-refractivity contribution is 0.188. The number of imidazole rings is 1. The molecule has 0 spiro atoms. The molecule has 0 aliphatic carbocycles. The first-order chi connectivity index (χ1) is 12.0. The summed E-state index contributed by atoms with van der Waals surface area (Å²) in [4.78, 5) is 17.9. The predicted molar refractivity (Wildman–Crippen MR) is 98.0 cm³/mol. The summed E-state index contributed by atoms with van der Waals surface area (Å²) in [5, 5.41) is 15.8. The molecule has 3 rings (SSSR count). The van der Waals surface area contributed by atoms with Gasteiger partial charge in [-0.05, 0) is 39.3 Å². The van der Waals surface area contributed by atoms with Crippen molar-refractivity contribution in [3.8, 4) is 0 Å². The van der Waals surface area contributed by atoms with Gasteiger partial charge in [-0.3, -0.25) is 0 Å². The Morgan fingerprint density at radius 3 is 2.68 bits per heavy atom. The lowest BCUT2D eigenvalue weighted by atomic mass is 10.3. The zero-order valence-corrected chi connectivity index (χ0v) is 14.6. The minimum Gasteiger partial charge on any atom is -0.393 e. The Bertz CT molecular complexity index is 830. The first-order valence-corrected chi connectivity index (χ1v) is 8.39. The summed E-state index contributed by atoms with van der Waals surface area (Å²) < 4.78 is 2.00. The number of aromatic nitrogens is 5. The monoisotopic (exact) mass is 341 g/mol. The Morgan fingerprint density at radius 2 is 2.00 bits per heavy atom. The maximum absolute atomic E-state index is 9.42. The molecule has 0 aliphatic rings. The average molecular weight is 341 g/mol. The number of aliphatic hydroxyl groups is 1. The Morgan fingerprint density at radius 1 is 1.16 bits per heavy atom. The third-order valence-corrected chi connectivity index (χ3v) is 3.73.